The van der Waals surface area contributed by atoms with Crippen molar-refractivity contribution in [2.24, 2.45) is 0 Å². The topological polar surface area (TPSA) is 82.4 Å². The molecule has 0 saturated carbocycles. The summed E-state index contributed by atoms with van der Waals surface area (Å²) >= 11 is 0. The van der Waals surface area contributed by atoms with E-state index >= 15 is 0 Å². The number of amides is 1. The van der Waals surface area contributed by atoms with Crippen molar-refractivity contribution < 1.29 is 14.3 Å². The number of ether oxygens (including phenoxy) is 2. The van der Waals surface area contributed by atoms with Crippen molar-refractivity contribution in [3.8, 4) is 17.2 Å². The Morgan fingerprint density at radius 3 is 2.55 bits per heavy atom. The van der Waals surface area contributed by atoms with E-state index in [4.69, 9.17) is 9.47 Å². The Hall–Kier alpha value is -3.42. The van der Waals surface area contributed by atoms with Crippen LogP contribution in [-0.4, -0.2) is 51.3 Å². The molecule has 0 bridgehead atoms. The molecule has 150 valence electrons. The number of benzene rings is 2. The van der Waals surface area contributed by atoms with Crippen molar-refractivity contribution in [1.82, 2.24) is 25.1 Å². The van der Waals surface area contributed by atoms with Gasteiger partial charge in [0.05, 0.1) is 18.2 Å². The molecule has 0 fully saturated rings. The van der Waals surface area contributed by atoms with Crippen molar-refractivity contribution in [2.45, 2.75) is 26.3 Å². The second kappa shape index (κ2) is 7.90. The van der Waals surface area contributed by atoms with Crippen LogP contribution >= 0.6 is 0 Å². The van der Waals surface area contributed by atoms with Gasteiger partial charge < -0.3 is 14.4 Å². The number of tetrazole rings is 1. The molecular weight excluding hydrogens is 370 g/mol. The molecule has 29 heavy (non-hydrogen) atoms. The average Bonchev–Trinajstić information content (AvgIpc) is 3.18. The molecule has 1 atom stereocenters. The molecule has 0 spiro atoms. The van der Waals surface area contributed by atoms with Gasteiger partial charge in [-0.05, 0) is 59.7 Å². The number of aromatic nitrogens is 4. The van der Waals surface area contributed by atoms with E-state index in [0.29, 0.717) is 25.5 Å². The Bertz CT molecular complexity index is 1020. The van der Waals surface area contributed by atoms with Crippen LogP contribution in [0, 0.1) is 6.92 Å². The molecule has 1 unspecified atom stereocenters. The zero-order valence-corrected chi connectivity index (χ0v) is 16.7. The van der Waals surface area contributed by atoms with E-state index in [1.807, 2.05) is 63.4 Å². The van der Waals surface area contributed by atoms with Crippen molar-refractivity contribution >= 4 is 5.91 Å². The number of nitrogens with zero attached hydrogens (tertiary/aromatic N) is 5. The van der Waals surface area contributed by atoms with E-state index in [0.717, 1.165) is 28.3 Å². The lowest BCUT2D eigenvalue weighted by atomic mass is 10.0. The molecule has 1 aromatic heterocycles. The number of carbonyl (C=O) groups is 1. The maximum Gasteiger partial charge on any atom is 0.227 e. The first-order valence-corrected chi connectivity index (χ1v) is 9.52. The number of aryl methyl sites for hydroxylation is 1. The van der Waals surface area contributed by atoms with Crippen molar-refractivity contribution in [3.05, 3.63) is 59.4 Å². The number of rotatable bonds is 5. The van der Waals surface area contributed by atoms with E-state index in [-0.39, 0.29) is 11.9 Å². The van der Waals surface area contributed by atoms with Crippen LogP contribution in [0.25, 0.3) is 5.69 Å². The number of fused-ring (bicyclic) bond motifs is 1. The summed E-state index contributed by atoms with van der Waals surface area (Å²) in [4.78, 5) is 14.6. The van der Waals surface area contributed by atoms with Crippen LogP contribution in [0.2, 0.25) is 0 Å². The van der Waals surface area contributed by atoms with Crippen LogP contribution in [0.1, 0.15) is 29.9 Å². The zero-order valence-electron chi connectivity index (χ0n) is 16.7. The van der Waals surface area contributed by atoms with Crippen LogP contribution in [-0.2, 0) is 11.2 Å². The van der Waals surface area contributed by atoms with Gasteiger partial charge in [-0.25, -0.2) is 0 Å². The zero-order chi connectivity index (χ0) is 20.4. The highest BCUT2D eigenvalue weighted by Crippen LogP contribution is 2.33. The highest BCUT2D eigenvalue weighted by Gasteiger charge is 2.20. The van der Waals surface area contributed by atoms with Gasteiger partial charge in [0.2, 0.25) is 5.91 Å². The van der Waals surface area contributed by atoms with Gasteiger partial charge in [0.1, 0.15) is 13.2 Å². The minimum absolute atomic E-state index is 0.0405. The summed E-state index contributed by atoms with van der Waals surface area (Å²) in [5, 5.41) is 11.5. The molecule has 4 rings (SSSR count). The quantitative estimate of drug-likeness (QED) is 0.662. The fraction of sp³-hybridized carbons (Fsp3) is 0.333. The highest BCUT2D eigenvalue weighted by molar-refractivity contribution is 5.79. The summed E-state index contributed by atoms with van der Waals surface area (Å²) in [7, 11) is 1.82. The molecule has 1 amide bonds. The van der Waals surface area contributed by atoms with Gasteiger partial charge in [-0.3, -0.25) is 4.79 Å². The van der Waals surface area contributed by atoms with Crippen LogP contribution in [0.5, 0.6) is 11.5 Å². The molecule has 0 N–H and O–H groups in total. The normalized spacial score (nSPS) is 13.8. The maximum atomic E-state index is 12.8. The van der Waals surface area contributed by atoms with Crippen LogP contribution in [0.15, 0.2) is 42.5 Å². The molecule has 0 saturated heterocycles. The lowest BCUT2D eigenvalue weighted by molar-refractivity contribution is -0.131. The van der Waals surface area contributed by atoms with E-state index in [1.165, 1.54) is 0 Å². The third-order valence-corrected chi connectivity index (χ3v) is 5.18. The molecule has 1 aliphatic rings. The van der Waals surface area contributed by atoms with Gasteiger partial charge in [-0.1, -0.05) is 18.2 Å². The first kappa shape index (κ1) is 18.9. The second-order valence-corrected chi connectivity index (χ2v) is 7.06. The fourth-order valence-corrected chi connectivity index (χ4v) is 3.28. The Morgan fingerprint density at radius 1 is 1.14 bits per heavy atom. The fourth-order valence-electron chi connectivity index (χ4n) is 3.28. The molecule has 0 aliphatic carbocycles. The minimum atomic E-state index is -0.0820. The standard InChI is InChI=1S/C21H23N5O3/c1-14(17-6-9-19-20(13-17)29-11-10-28-19)25(3)21(27)12-16-4-7-18(8-5-16)26-15(2)22-23-24-26/h4-9,13-14H,10-12H2,1-3H3. The second-order valence-electron chi connectivity index (χ2n) is 7.06. The number of hydrogen-bond donors (Lipinski definition) is 0. The van der Waals surface area contributed by atoms with Gasteiger partial charge in [0, 0.05) is 7.05 Å². The first-order chi connectivity index (χ1) is 14.0. The maximum absolute atomic E-state index is 12.8. The lowest BCUT2D eigenvalue weighted by Crippen LogP contribution is -2.31. The molecule has 2 aromatic carbocycles. The Morgan fingerprint density at radius 2 is 1.86 bits per heavy atom. The number of likely N-dealkylation sites (N-methyl/N-ethyl adjacent to an activating group) is 1. The lowest BCUT2D eigenvalue weighted by Gasteiger charge is -2.27. The predicted octanol–water partition coefficient (Wildman–Crippen LogP) is 2.50. The number of carbonyl (C=O) groups excluding carboxylic acids is 1. The summed E-state index contributed by atoms with van der Waals surface area (Å²) < 4.78 is 12.9. The smallest absolute Gasteiger partial charge is 0.227 e. The summed E-state index contributed by atoms with van der Waals surface area (Å²) in [6, 6.07) is 13.4. The van der Waals surface area contributed by atoms with Gasteiger partial charge in [0.15, 0.2) is 17.3 Å². The largest absolute Gasteiger partial charge is 0.486 e. The number of hydrogen-bond acceptors (Lipinski definition) is 6. The van der Waals surface area contributed by atoms with Gasteiger partial charge in [-0.15, -0.1) is 5.10 Å². The summed E-state index contributed by atoms with van der Waals surface area (Å²) in [5.41, 5.74) is 2.81. The van der Waals surface area contributed by atoms with Crippen molar-refractivity contribution in [3.63, 3.8) is 0 Å². The summed E-state index contributed by atoms with van der Waals surface area (Å²) in [6.07, 6.45) is 0.320. The predicted molar refractivity (Wildman–Crippen MR) is 106 cm³/mol. The Balaban J connectivity index is 1.43. The molecule has 3 aromatic rings. The van der Waals surface area contributed by atoms with E-state index in [9.17, 15) is 4.79 Å². The third kappa shape index (κ3) is 3.91. The highest BCUT2D eigenvalue weighted by atomic mass is 16.6. The Kier molecular flexibility index (Phi) is 5.16. The van der Waals surface area contributed by atoms with Gasteiger partial charge in [-0.2, -0.15) is 4.68 Å². The summed E-state index contributed by atoms with van der Waals surface area (Å²) in [6.45, 7) is 4.95. The molecule has 2 heterocycles. The van der Waals surface area contributed by atoms with E-state index in [2.05, 4.69) is 15.5 Å². The van der Waals surface area contributed by atoms with Gasteiger partial charge >= 0.3 is 0 Å². The van der Waals surface area contributed by atoms with Crippen LogP contribution in [0.3, 0.4) is 0 Å². The summed E-state index contributed by atoms with van der Waals surface area (Å²) in [5.74, 6) is 2.23. The van der Waals surface area contributed by atoms with Crippen LogP contribution < -0.4 is 9.47 Å². The first-order valence-electron chi connectivity index (χ1n) is 9.52. The average molecular weight is 393 g/mol. The van der Waals surface area contributed by atoms with E-state index in [1.54, 1.807) is 9.58 Å². The molecule has 8 nitrogen and oxygen atoms in total. The monoisotopic (exact) mass is 393 g/mol. The van der Waals surface area contributed by atoms with Crippen LogP contribution in [0.4, 0.5) is 0 Å². The van der Waals surface area contributed by atoms with Crippen molar-refractivity contribution in [1.29, 1.82) is 0 Å². The van der Waals surface area contributed by atoms with E-state index < -0.39 is 0 Å². The van der Waals surface area contributed by atoms with Gasteiger partial charge in [0.25, 0.3) is 0 Å². The molecular formula is C21H23N5O3. The SMILES string of the molecule is Cc1nnnn1-c1ccc(CC(=O)N(C)C(C)c2ccc3c(c2)OCCO3)cc1. The Labute approximate surface area is 169 Å². The molecule has 8 heteroatoms. The van der Waals surface area contributed by atoms with Crippen molar-refractivity contribution in [2.75, 3.05) is 20.3 Å². The molecule has 1 aliphatic heterocycles. The third-order valence-electron chi connectivity index (χ3n) is 5.18. The molecule has 0 radical (unpaired) electrons. The minimum Gasteiger partial charge on any atom is -0.486 e.